The Balaban J connectivity index is 1.85. The number of nitrogens with one attached hydrogen (secondary N) is 2. The van der Waals surface area contributed by atoms with Crippen molar-refractivity contribution in [2.45, 2.75) is 19.9 Å². The number of aromatic nitrogens is 2. The molecule has 4 aromatic rings. The van der Waals surface area contributed by atoms with Crippen molar-refractivity contribution in [3.05, 3.63) is 83.6 Å². The van der Waals surface area contributed by atoms with Crippen molar-refractivity contribution >= 4 is 16.7 Å². The smallest absolute Gasteiger partial charge is 0.130 e. The second kappa shape index (κ2) is 5.89. The van der Waals surface area contributed by atoms with Gasteiger partial charge in [0.2, 0.25) is 0 Å². The molecule has 3 aromatic heterocycles. The highest BCUT2D eigenvalue weighted by atomic mass is 16.3. The lowest BCUT2D eigenvalue weighted by Crippen LogP contribution is -2.13. The highest BCUT2D eigenvalue weighted by Gasteiger charge is 2.23. The third-order valence-corrected chi connectivity index (χ3v) is 4.27. The van der Waals surface area contributed by atoms with Crippen molar-refractivity contribution in [3.63, 3.8) is 0 Å². The summed E-state index contributed by atoms with van der Waals surface area (Å²) in [7, 11) is 0. The Morgan fingerprint density at radius 3 is 2.75 bits per heavy atom. The van der Waals surface area contributed by atoms with Gasteiger partial charge in [-0.05, 0) is 49.7 Å². The number of H-pyrrole nitrogens is 1. The monoisotopic (exact) mass is 317 g/mol. The molecular weight excluding hydrogens is 298 g/mol. The third-order valence-electron chi connectivity index (χ3n) is 4.27. The van der Waals surface area contributed by atoms with E-state index in [1.165, 1.54) is 16.5 Å². The Bertz CT molecular complexity index is 970. The van der Waals surface area contributed by atoms with Gasteiger partial charge in [0, 0.05) is 28.4 Å². The molecule has 0 bridgehead atoms. The lowest BCUT2D eigenvalue weighted by atomic mass is 10.0. The Kier molecular flexibility index (Phi) is 3.58. The number of benzene rings is 1. The fourth-order valence-corrected chi connectivity index (χ4v) is 3.17. The highest BCUT2D eigenvalue weighted by Crippen LogP contribution is 2.34. The van der Waals surface area contributed by atoms with Crippen LogP contribution in [-0.4, -0.2) is 9.97 Å². The first kappa shape index (κ1) is 14.6. The van der Waals surface area contributed by atoms with Crippen molar-refractivity contribution in [2.24, 2.45) is 0 Å². The summed E-state index contributed by atoms with van der Waals surface area (Å²) >= 11 is 0. The molecule has 4 rings (SSSR count). The number of aromatic amines is 1. The Hall–Kier alpha value is -3.01. The highest BCUT2D eigenvalue weighted by molar-refractivity contribution is 5.86. The molecule has 2 N–H and O–H groups in total. The number of aryl methyl sites for hydroxylation is 2. The van der Waals surface area contributed by atoms with Crippen molar-refractivity contribution in [1.82, 2.24) is 9.97 Å². The summed E-state index contributed by atoms with van der Waals surface area (Å²) in [6.07, 6.45) is 3.52. The molecule has 0 saturated carbocycles. The largest absolute Gasteiger partial charge is 0.467 e. The maximum atomic E-state index is 5.72. The molecule has 0 aliphatic heterocycles. The van der Waals surface area contributed by atoms with E-state index in [4.69, 9.17) is 4.42 Å². The maximum absolute atomic E-state index is 5.72. The molecule has 0 fully saturated rings. The minimum absolute atomic E-state index is 0.106. The molecule has 0 amide bonds. The van der Waals surface area contributed by atoms with Crippen molar-refractivity contribution < 1.29 is 4.42 Å². The first-order chi connectivity index (χ1) is 11.7. The van der Waals surface area contributed by atoms with Gasteiger partial charge in [-0.15, -0.1) is 0 Å². The van der Waals surface area contributed by atoms with Crippen LogP contribution in [0.4, 0.5) is 5.82 Å². The zero-order chi connectivity index (χ0) is 16.5. The number of hydrogen-bond acceptors (Lipinski definition) is 3. The minimum atomic E-state index is -0.106. The molecule has 4 nitrogen and oxygen atoms in total. The van der Waals surface area contributed by atoms with E-state index >= 15 is 0 Å². The van der Waals surface area contributed by atoms with Crippen LogP contribution in [0.5, 0.6) is 0 Å². The number of rotatable bonds is 4. The molecule has 0 saturated heterocycles. The van der Waals surface area contributed by atoms with Gasteiger partial charge in [0.05, 0.1) is 6.26 Å². The number of pyridine rings is 1. The number of furan rings is 1. The van der Waals surface area contributed by atoms with Gasteiger partial charge in [-0.2, -0.15) is 0 Å². The lowest BCUT2D eigenvalue weighted by molar-refractivity contribution is 0.499. The Morgan fingerprint density at radius 1 is 1.08 bits per heavy atom. The normalized spacial score (nSPS) is 12.4. The molecular formula is C20H19N3O. The fraction of sp³-hybridized carbons (Fsp3) is 0.150. The molecule has 0 unspecified atom stereocenters. The van der Waals surface area contributed by atoms with E-state index in [1.807, 2.05) is 36.5 Å². The van der Waals surface area contributed by atoms with Crippen LogP contribution in [0.3, 0.4) is 0 Å². The van der Waals surface area contributed by atoms with Crippen LogP contribution < -0.4 is 5.32 Å². The van der Waals surface area contributed by atoms with Crippen LogP contribution in [0.15, 0.2) is 65.4 Å². The van der Waals surface area contributed by atoms with Crippen LogP contribution in [0.25, 0.3) is 10.9 Å². The topological polar surface area (TPSA) is 53.9 Å². The molecule has 120 valence electrons. The quantitative estimate of drug-likeness (QED) is 0.558. The van der Waals surface area contributed by atoms with E-state index in [2.05, 4.69) is 47.3 Å². The second-order valence-corrected chi connectivity index (χ2v) is 6.02. The standard InChI is InChI=1S/C20H19N3O/c1-13-9-10-21-18(12-13)23-20(17-8-5-11-24-17)19-14(2)22-16-7-4-3-6-15(16)19/h3-12,20,22H,1-2H3,(H,21,23)/t20-/m1/s1. The summed E-state index contributed by atoms with van der Waals surface area (Å²) in [6.45, 7) is 4.16. The van der Waals surface area contributed by atoms with Crippen molar-refractivity contribution in [2.75, 3.05) is 5.32 Å². The van der Waals surface area contributed by atoms with Crippen LogP contribution in [-0.2, 0) is 0 Å². The number of para-hydroxylation sites is 1. The molecule has 0 spiro atoms. The average Bonchev–Trinajstić information content (AvgIpc) is 3.20. The van der Waals surface area contributed by atoms with Crippen molar-refractivity contribution in [1.29, 1.82) is 0 Å². The van der Waals surface area contributed by atoms with Crippen molar-refractivity contribution in [3.8, 4) is 0 Å². The van der Waals surface area contributed by atoms with E-state index in [1.54, 1.807) is 6.26 Å². The fourth-order valence-electron chi connectivity index (χ4n) is 3.17. The molecule has 0 aliphatic rings. The molecule has 0 radical (unpaired) electrons. The van der Waals surface area contributed by atoms with Gasteiger partial charge in [-0.1, -0.05) is 18.2 Å². The van der Waals surface area contributed by atoms with E-state index in [9.17, 15) is 0 Å². The second-order valence-electron chi connectivity index (χ2n) is 6.02. The number of hydrogen-bond donors (Lipinski definition) is 2. The van der Waals surface area contributed by atoms with E-state index in [0.29, 0.717) is 0 Å². The summed E-state index contributed by atoms with van der Waals surface area (Å²) in [4.78, 5) is 7.91. The van der Waals surface area contributed by atoms with E-state index in [-0.39, 0.29) is 6.04 Å². The summed E-state index contributed by atoms with van der Waals surface area (Å²) in [5.41, 5.74) is 4.60. The first-order valence-corrected chi connectivity index (χ1v) is 8.02. The van der Waals surface area contributed by atoms with Crippen LogP contribution in [0, 0.1) is 13.8 Å². The molecule has 24 heavy (non-hydrogen) atoms. The van der Waals surface area contributed by atoms with Gasteiger partial charge < -0.3 is 14.7 Å². The number of anilines is 1. The number of nitrogens with zero attached hydrogens (tertiary/aromatic N) is 1. The summed E-state index contributed by atoms with van der Waals surface area (Å²) in [5, 5.41) is 4.72. The third kappa shape index (κ3) is 2.56. The summed E-state index contributed by atoms with van der Waals surface area (Å²) in [6, 6.07) is 16.2. The average molecular weight is 317 g/mol. The molecule has 3 heterocycles. The van der Waals surface area contributed by atoms with E-state index in [0.717, 1.165) is 22.8 Å². The zero-order valence-electron chi connectivity index (χ0n) is 13.7. The molecule has 1 aromatic carbocycles. The van der Waals surface area contributed by atoms with Gasteiger partial charge in [0.15, 0.2) is 0 Å². The predicted octanol–water partition coefficient (Wildman–Crippen LogP) is 4.97. The zero-order valence-corrected chi connectivity index (χ0v) is 13.7. The van der Waals surface area contributed by atoms with Crippen LogP contribution in [0.1, 0.15) is 28.6 Å². The predicted molar refractivity (Wildman–Crippen MR) is 96.2 cm³/mol. The van der Waals surface area contributed by atoms with Crippen LogP contribution in [0.2, 0.25) is 0 Å². The van der Waals surface area contributed by atoms with Gasteiger partial charge in [-0.25, -0.2) is 4.98 Å². The Morgan fingerprint density at radius 2 is 1.96 bits per heavy atom. The van der Waals surface area contributed by atoms with E-state index < -0.39 is 0 Å². The number of fused-ring (bicyclic) bond motifs is 1. The van der Waals surface area contributed by atoms with Gasteiger partial charge in [0.1, 0.15) is 17.6 Å². The molecule has 4 heteroatoms. The maximum Gasteiger partial charge on any atom is 0.130 e. The molecule has 0 aliphatic carbocycles. The summed E-state index contributed by atoms with van der Waals surface area (Å²) in [5.74, 6) is 1.70. The Labute approximate surface area is 140 Å². The van der Waals surface area contributed by atoms with Gasteiger partial charge >= 0.3 is 0 Å². The van der Waals surface area contributed by atoms with Crippen LogP contribution >= 0.6 is 0 Å². The molecule has 1 atom stereocenters. The lowest BCUT2D eigenvalue weighted by Gasteiger charge is -2.18. The summed E-state index contributed by atoms with van der Waals surface area (Å²) < 4.78 is 5.72. The van der Waals surface area contributed by atoms with Gasteiger partial charge in [-0.3, -0.25) is 0 Å². The SMILES string of the molecule is Cc1ccnc(N[C@H](c2ccco2)c2c(C)[nH]c3ccccc23)c1. The first-order valence-electron chi connectivity index (χ1n) is 8.02. The van der Waals surface area contributed by atoms with Gasteiger partial charge in [0.25, 0.3) is 0 Å². The minimum Gasteiger partial charge on any atom is -0.467 e.